The molecule has 1 aromatic heterocycles. The summed E-state index contributed by atoms with van der Waals surface area (Å²) < 4.78 is 0. The summed E-state index contributed by atoms with van der Waals surface area (Å²) in [4.78, 5) is 17.0. The Hall–Kier alpha value is -1.72. The summed E-state index contributed by atoms with van der Waals surface area (Å²) in [6.45, 7) is 7.92. The third-order valence-corrected chi connectivity index (χ3v) is 4.82. The normalized spacial score (nSPS) is 13.6. The van der Waals surface area contributed by atoms with Crippen LogP contribution < -0.4 is 10.6 Å². The quantitative estimate of drug-likeness (QED) is 0.844. The highest BCUT2D eigenvalue weighted by Crippen LogP contribution is 2.24. The van der Waals surface area contributed by atoms with E-state index in [9.17, 15) is 4.79 Å². The smallest absolute Gasteiger partial charge is 0.221 e. The summed E-state index contributed by atoms with van der Waals surface area (Å²) in [6.07, 6.45) is 2.99. The Balaban J connectivity index is 2.04. The van der Waals surface area contributed by atoms with E-state index >= 15 is 0 Å². The molecule has 2 atom stereocenters. The standard InChI is InChI=1S/C17H23N3OS/c1-5-16-10-18-17(22-16)12(3)19-11(2)14-7-6-8-15(9-14)20-13(4)21/h6-12,19H,5H2,1-4H3,(H,20,21)/t11-,12-/m1/s1. The van der Waals surface area contributed by atoms with Crippen molar-refractivity contribution in [1.29, 1.82) is 0 Å². The van der Waals surface area contributed by atoms with E-state index in [1.54, 1.807) is 11.3 Å². The first kappa shape index (κ1) is 16.6. The van der Waals surface area contributed by atoms with Crippen LogP contribution in [0.5, 0.6) is 0 Å². The van der Waals surface area contributed by atoms with Gasteiger partial charge in [-0.15, -0.1) is 11.3 Å². The molecule has 0 aliphatic rings. The van der Waals surface area contributed by atoms with Gasteiger partial charge in [-0.1, -0.05) is 19.1 Å². The maximum absolute atomic E-state index is 11.2. The third kappa shape index (κ3) is 4.39. The number of thiazole rings is 1. The van der Waals surface area contributed by atoms with Crippen molar-refractivity contribution in [3.63, 3.8) is 0 Å². The number of aryl methyl sites for hydroxylation is 1. The maximum atomic E-state index is 11.2. The number of rotatable bonds is 6. The molecule has 1 heterocycles. The van der Waals surface area contributed by atoms with Crippen molar-refractivity contribution in [2.45, 2.75) is 46.2 Å². The zero-order chi connectivity index (χ0) is 16.1. The monoisotopic (exact) mass is 317 g/mol. The molecule has 0 radical (unpaired) electrons. The molecule has 2 N–H and O–H groups in total. The molecule has 0 saturated carbocycles. The Bertz CT molecular complexity index is 638. The number of hydrogen-bond donors (Lipinski definition) is 2. The summed E-state index contributed by atoms with van der Waals surface area (Å²) in [5.74, 6) is -0.0546. The molecule has 22 heavy (non-hydrogen) atoms. The molecule has 2 aromatic rings. The second kappa shape index (κ2) is 7.51. The number of amides is 1. The van der Waals surface area contributed by atoms with Crippen LogP contribution in [0.1, 0.15) is 55.2 Å². The predicted molar refractivity (Wildman–Crippen MR) is 92.2 cm³/mol. The highest BCUT2D eigenvalue weighted by Gasteiger charge is 2.14. The molecule has 5 heteroatoms. The summed E-state index contributed by atoms with van der Waals surface area (Å²) in [7, 11) is 0. The van der Waals surface area contributed by atoms with E-state index < -0.39 is 0 Å². The van der Waals surface area contributed by atoms with Crippen molar-refractivity contribution in [2.75, 3.05) is 5.32 Å². The van der Waals surface area contributed by atoms with Crippen LogP contribution in [0.4, 0.5) is 5.69 Å². The first-order valence-corrected chi connectivity index (χ1v) is 8.39. The minimum Gasteiger partial charge on any atom is -0.326 e. The minimum atomic E-state index is -0.0546. The van der Waals surface area contributed by atoms with Crippen LogP contribution in [0.25, 0.3) is 0 Å². The molecular weight excluding hydrogens is 294 g/mol. The fourth-order valence-electron chi connectivity index (χ4n) is 2.32. The molecule has 0 saturated heterocycles. The fourth-order valence-corrected chi connectivity index (χ4v) is 3.19. The van der Waals surface area contributed by atoms with Gasteiger partial charge in [-0.05, 0) is 38.0 Å². The molecule has 4 nitrogen and oxygen atoms in total. The van der Waals surface area contributed by atoms with E-state index in [-0.39, 0.29) is 18.0 Å². The molecule has 0 bridgehead atoms. The molecular formula is C17H23N3OS. The Morgan fingerprint density at radius 1 is 1.32 bits per heavy atom. The van der Waals surface area contributed by atoms with Crippen LogP contribution in [-0.2, 0) is 11.2 Å². The average molecular weight is 317 g/mol. The van der Waals surface area contributed by atoms with Crippen LogP contribution in [0.3, 0.4) is 0 Å². The Kier molecular flexibility index (Phi) is 5.69. The van der Waals surface area contributed by atoms with E-state index in [1.165, 1.54) is 11.8 Å². The molecule has 118 valence electrons. The van der Waals surface area contributed by atoms with Gasteiger partial charge < -0.3 is 10.6 Å². The summed E-state index contributed by atoms with van der Waals surface area (Å²) in [5.41, 5.74) is 1.97. The van der Waals surface area contributed by atoms with Gasteiger partial charge >= 0.3 is 0 Å². The van der Waals surface area contributed by atoms with E-state index in [0.29, 0.717) is 0 Å². The number of carbonyl (C=O) groups is 1. The minimum absolute atomic E-state index is 0.0546. The number of anilines is 1. The molecule has 1 aromatic carbocycles. The van der Waals surface area contributed by atoms with Gasteiger partial charge in [0.1, 0.15) is 5.01 Å². The average Bonchev–Trinajstić information content (AvgIpc) is 2.95. The van der Waals surface area contributed by atoms with Crippen molar-refractivity contribution in [2.24, 2.45) is 0 Å². The van der Waals surface area contributed by atoms with Crippen LogP contribution in [0.2, 0.25) is 0 Å². The fraction of sp³-hybridized carbons (Fsp3) is 0.412. The van der Waals surface area contributed by atoms with Crippen molar-refractivity contribution in [3.05, 3.63) is 45.9 Å². The van der Waals surface area contributed by atoms with Crippen LogP contribution in [-0.4, -0.2) is 10.9 Å². The lowest BCUT2D eigenvalue weighted by Gasteiger charge is -2.19. The van der Waals surface area contributed by atoms with Gasteiger partial charge in [-0.2, -0.15) is 0 Å². The van der Waals surface area contributed by atoms with Crippen molar-refractivity contribution in [1.82, 2.24) is 10.3 Å². The summed E-state index contributed by atoms with van der Waals surface area (Å²) >= 11 is 1.76. The number of hydrogen-bond acceptors (Lipinski definition) is 4. The predicted octanol–water partition coefficient (Wildman–Crippen LogP) is 4.08. The zero-order valence-corrected chi connectivity index (χ0v) is 14.3. The van der Waals surface area contributed by atoms with Gasteiger partial charge in [0.25, 0.3) is 0 Å². The second-order valence-corrected chi connectivity index (χ2v) is 6.58. The van der Waals surface area contributed by atoms with Gasteiger partial charge in [-0.25, -0.2) is 4.98 Å². The van der Waals surface area contributed by atoms with Gasteiger partial charge in [-0.3, -0.25) is 4.79 Å². The number of aromatic nitrogens is 1. The SMILES string of the molecule is CCc1cnc([C@@H](C)N[C@H](C)c2cccc(NC(C)=O)c2)s1. The molecule has 0 fully saturated rings. The third-order valence-electron chi connectivity index (χ3n) is 3.50. The van der Waals surface area contributed by atoms with Crippen LogP contribution in [0.15, 0.2) is 30.5 Å². The van der Waals surface area contributed by atoms with E-state index in [0.717, 1.165) is 22.7 Å². The number of nitrogens with zero attached hydrogens (tertiary/aromatic N) is 1. The molecule has 0 spiro atoms. The molecule has 0 aliphatic carbocycles. The lowest BCUT2D eigenvalue weighted by atomic mass is 10.1. The van der Waals surface area contributed by atoms with Crippen molar-refractivity contribution in [3.8, 4) is 0 Å². The van der Waals surface area contributed by atoms with Gasteiger partial charge in [0.15, 0.2) is 0 Å². The zero-order valence-electron chi connectivity index (χ0n) is 13.5. The van der Waals surface area contributed by atoms with Crippen molar-refractivity contribution >= 4 is 22.9 Å². The topological polar surface area (TPSA) is 54.0 Å². The molecule has 0 aliphatic heterocycles. The first-order valence-electron chi connectivity index (χ1n) is 7.57. The van der Waals surface area contributed by atoms with Crippen LogP contribution >= 0.6 is 11.3 Å². The molecule has 2 rings (SSSR count). The van der Waals surface area contributed by atoms with Gasteiger partial charge in [0.2, 0.25) is 5.91 Å². The Morgan fingerprint density at radius 3 is 2.73 bits per heavy atom. The van der Waals surface area contributed by atoms with Crippen LogP contribution in [0, 0.1) is 0 Å². The van der Waals surface area contributed by atoms with E-state index in [2.05, 4.69) is 42.5 Å². The molecule has 1 amide bonds. The lowest BCUT2D eigenvalue weighted by Crippen LogP contribution is -2.22. The highest BCUT2D eigenvalue weighted by molar-refractivity contribution is 7.11. The lowest BCUT2D eigenvalue weighted by molar-refractivity contribution is -0.114. The largest absolute Gasteiger partial charge is 0.326 e. The number of nitrogens with one attached hydrogen (secondary N) is 2. The number of carbonyl (C=O) groups excluding carboxylic acids is 1. The van der Waals surface area contributed by atoms with E-state index in [1.807, 2.05) is 24.4 Å². The summed E-state index contributed by atoms with van der Waals surface area (Å²) in [6, 6.07) is 8.31. The van der Waals surface area contributed by atoms with Gasteiger partial charge in [0, 0.05) is 29.7 Å². The summed E-state index contributed by atoms with van der Waals surface area (Å²) in [5, 5.41) is 7.50. The number of benzene rings is 1. The van der Waals surface area contributed by atoms with Gasteiger partial charge in [0.05, 0.1) is 6.04 Å². The van der Waals surface area contributed by atoms with Crippen molar-refractivity contribution < 1.29 is 4.79 Å². The van der Waals surface area contributed by atoms with E-state index in [4.69, 9.17) is 0 Å². The first-order chi connectivity index (χ1) is 10.5. The Morgan fingerprint density at radius 2 is 2.09 bits per heavy atom. The molecule has 0 unspecified atom stereocenters. The second-order valence-electron chi connectivity index (χ2n) is 5.44. The maximum Gasteiger partial charge on any atom is 0.221 e. The highest BCUT2D eigenvalue weighted by atomic mass is 32.1. The Labute approximate surface area is 136 Å².